The number of likely N-dealkylation sites (tertiary alicyclic amines) is 1. The van der Waals surface area contributed by atoms with E-state index < -0.39 is 0 Å². The monoisotopic (exact) mass is 291 g/mol. The van der Waals surface area contributed by atoms with Gasteiger partial charge in [-0.05, 0) is 46.2 Å². The molecule has 0 saturated carbocycles. The van der Waals surface area contributed by atoms with Crippen molar-refractivity contribution in [3.8, 4) is 0 Å². The fourth-order valence-electron chi connectivity index (χ4n) is 3.56. The number of fused-ring (bicyclic) bond motifs is 1. The molecule has 0 bridgehead atoms. The smallest absolute Gasteiger partial charge is 0.214 e. The van der Waals surface area contributed by atoms with Crippen LogP contribution in [0.25, 0.3) is 4.96 Å². The molecular weight excluding hydrogens is 270 g/mol. The maximum absolute atomic E-state index is 4.71. The van der Waals surface area contributed by atoms with E-state index in [-0.39, 0.29) is 0 Å². The van der Waals surface area contributed by atoms with Crippen LogP contribution >= 0.6 is 11.3 Å². The van der Waals surface area contributed by atoms with Gasteiger partial charge in [-0.3, -0.25) is 4.90 Å². The maximum atomic E-state index is 4.71. The van der Waals surface area contributed by atoms with Gasteiger partial charge in [-0.2, -0.15) is 0 Å². The Morgan fingerprint density at radius 1 is 1.30 bits per heavy atom. The number of imidazole rings is 1. The number of rotatable bonds is 2. The molecule has 0 spiro atoms. The summed E-state index contributed by atoms with van der Waals surface area (Å²) in [5.41, 5.74) is 1.04. The highest BCUT2D eigenvalue weighted by molar-refractivity contribution is 7.20. The van der Waals surface area contributed by atoms with Crippen molar-refractivity contribution in [1.82, 2.24) is 19.5 Å². The molecule has 20 heavy (non-hydrogen) atoms. The Morgan fingerprint density at radius 2 is 2.10 bits per heavy atom. The summed E-state index contributed by atoms with van der Waals surface area (Å²) in [7, 11) is 0. The van der Waals surface area contributed by atoms with Gasteiger partial charge in [0.1, 0.15) is 0 Å². The second-order valence-electron chi connectivity index (χ2n) is 6.13. The summed E-state index contributed by atoms with van der Waals surface area (Å²) < 4.78 is 1.92. The third-order valence-electron chi connectivity index (χ3n) is 4.61. The minimum atomic E-state index is 0.581. The van der Waals surface area contributed by atoms with E-state index in [0.717, 1.165) is 22.3 Å². The standard InChI is InChI=1S/C14H21N5S/c1-10-8-19-13(15-10)20-14(16-19)18-9-12(7-11(18)2)17-5-3-4-6-17/h8,11-12H,3-7,9H2,1-2H3. The number of aromatic nitrogens is 3. The predicted octanol–water partition coefficient (Wildman–Crippen LogP) is 2.16. The highest BCUT2D eigenvalue weighted by atomic mass is 32.1. The van der Waals surface area contributed by atoms with Crippen LogP contribution in [-0.4, -0.2) is 51.2 Å². The van der Waals surface area contributed by atoms with Crippen molar-refractivity contribution in [2.75, 3.05) is 24.5 Å². The van der Waals surface area contributed by atoms with E-state index in [4.69, 9.17) is 5.10 Å². The molecule has 0 aromatic carbocycles. The Labute approximate surface area is 123 Å². The van der Waals surface area contributed by atoms with E-state index in [0.29, 0.717) is 12.1 Å². The molecule has 0 N–H and O–H groups in total. The lowest BCUT2D eigenvalue weighted by Crippen LogP contribution is -2.35. The summed E-state index contributed by atoms with van der Waals surface area (Å²) in [5.74, 6) is 0. The van der Waals surface area contributed by atoms with Crippen LogP contribution in [0, 0.1) is 6.92 Å². The highest BCUT2D eigenvalue weighted by Crippen LogP contribution is 2.32. The quantitative estimate of drug-likeness (QED) is 0.849. The van der Waals surface area contributed by atoms with E-state index in [2.05, 4.69) is 21.7 Å². The highest BCUT2D eigenvalue weighted by Gasteiger charge is 2.35. The molecule has 108 valence electrons. The molecule has 4 rings (SSSR count). The van der Waals surface area contributed by atoms with Gasteiger partial charge in [0.2, 0.25) is 10.1 Å². The zero-order valence-electron chi connectivity index (χ0n) is 12.1. The Bertz CT molecular complexity index is 581. The Kier molecular flexibility index (Phi) is 2.96. The largest absolute Gasteiger partial charge is 0.342 e. The van der Waals surface area contributed by atoms with Gasteiger partial charge < -0.3 is 4.90 Å². The topological polar surface area (TPSA) is 36.7 Å². The van der Waals surface area contributed by atoms with Crippen LogP contribution in [0.2, 0.25) is 0 Å². The molecule has 6 heteroatoms. The first kappa shape index (κ1) is 12.6. The van der Waals surface area contributed by atoms with E-state index in [1.54, 1.807) is 11.3 Å². The van der Waals surface area contributed by atoms with Crippen LogP contribution in [0.15, 0.2) is 6.20 Å². The molecule has 2 fully saturated rings. The molecule has 4 heterocycles. The van der Waals surface area contributed by atoms with Gasteiger partial charge in [0.05, 0.1) is 11.9 Å². The first-order valence-corrected chi connectivity index (χ1v) is 8.36. The minimum absolute atomic E-state index is 0.581. The van der Waals surface area contributed by atoms with Crippen LogP contribution in [0.3, 0.4) is 0 Å². The number of nitrogens with zero attached hydrogens (tertiary/aromatic N) is 5. The van der Waals surface area contributed by atoms with Crippen molar-refractivity contribution in [2.24, 2.45) is 0 Å². The summed E-state index contributed by atoms with van der Waals surface area (Å²) in [6.45, 7) is 8.03. The van der Waals surface area contributed by atoms with Gasteiger partial charge in [0.15, 0.2) is 0 Å². The summed E-state index contributed by atoms with van der Waals surface area (Å²) >= 11 is 1.71. The average molecular weight is 291 g/mol. The fraction of sp³-hybridized carbons (Fsp3) is 0.714. The van der Waals surface area contributed by atoms with E-state index in [9.17, 15) is 0 Å². The average Bonchev–Trinajstić information content (AvgIpc) is 3.10. The molecule has 5 nitrogen and oxygen atoms in total. The van der Waals surface area contributed by atoms with E-state index >= 15 is 0 Å². The molecule has 2 atom stereocenters. The van der Waals surface area contributed by atoms with Gasteiger partial charge in [-0.25, -0.2) is 9.50 Å². The molecule has 2 aromatic rings. The predicted molar refractivity (Wildman–Crippen MR) is 81.6 cm³/mol. The Balaban J connectivity index is 1.56. The molecule has 2 unspecified atom stereocenters. The Morgan fingerprint density at radius 3 is 2.85 bits per heavy atom. The van der Waals surface area contributed by atoms with Crippen LogP contribution < -0.4 is 4.90 Å². The van der Waals surface area contributed by atoms with Crippen molar-refractivity contribution in [3.63, 3.8) is 0 Å². The Hall–Kier alpha value is -1.14. The van der Waals surface area contributed by atoms with Crippen molar-refractivity contribution in [1.29, 1.82) is 0 Å². The lowest BCUT2D eigenvalue weighted by Gasteiger charge is -2.23. The third-order valence-corrected chi connectivity index (χ3v) is 5.57. The molecule has 2 aliphatic rings. The second-order valence-corrected chi connectivity index (χ2v) is 7.06. The summed E-state index contributed by atoms with van der Waals surface area (Å²) in [6.07, 6.45) is 6.01. The van der Waals surface area contributed by atoms with Gasteiger partial charge in [0.25, 0.3) is 0 Å². The normalized spacial score (nSPS) is 28.0. The van der Waals surface area contributed by atoms with Gasteiger partial charge >= 0.3 is 0 Å². The number of anilines is 1. The summed E-state index contributed by atoms with van der Waals surface area (Å²) in [5, 5.41) is 5.83. The van der Waals surface area contributed by atoms with Crippen molar-refractivity contribution in [3.05, 3.63) is 11.9 Å². The zero-order valence-corrected chi connectivity index (χ0v) is 12.9. The first-order chi connectivity index (χ1) is 9.70. The molecule has 0 amide bonds. The lowest BCUT2D eigenvalue weighted by atomic mass is 10.2. The lowest BCUT2D eigenvalue weighted by molar-refractivity contribution is 0.257. The summed E-state index contributed by atoms with van der Waals surface area (Å²) in [4.78, 5) is 10.7. The van der Waals surface area contributed by atoms with Crippen molar-refractivity contribution < 1.29 is 0 Å². The second kappa shape index (κ2) is 4.70. The first-order valence-electron chi connectivity index (χ1n) is 7.54. The minimum Gasteiger partial charge on any atom is -0.342 e. The molecule has 2 aliphatic heterocycles. The van der Waals surface area contributed by atoms with Gasteiger partial charge in [0, 0.05) is 18.6 Å². The number of hydrogen-bond donors (Lipinski definition) is 0. The third kappa shape index (κ3) is 2.02. The van der Waals surface area contributed by atoms with Crippen molar-refractivity contribution >= 4 is 21.4 Å². The van der Waals surface area contributed by atoms with Crippen LogP contribution in [0.4, 0.5) is 5.13 Å². The maximum Gasteiger partial charge on any atom is 0.214 e. The number of aryl methyl sites for hydroxylation is 1. The molecule has 0 radical (unpaired) electrons. The van der Waals surface area contributed by atoms with Gasteiger partial charge in [-0.1, -0.05) is 11.3 Å². The van der Waals surface area contributed by atoms with Crippen LogP contribution in [0.1, 0.15) is 31.9 Å². The fourth-order valence-corrected chi connectivity index (χ4v) is 4.60. The molecular formula is C14H21N5S. The zero-order chi connectivity index (χ0) is 13.7. The molecule has 2 aromatic heterocycles. The van der Waals surface area contributed by atoms with E-state index in [1.807, 2.05) is 17.6 Å². The molecule has 0 aliphatic carbocycles. The van der Waals surface area contributed by atoms with Crippen LogP contribution in [0.5, 0.6) is 0 Å². The van der Waals surface area contributed by atoms with E-state index in [1.165, 1.54) is 32.4 Å². The SMILES string of the molecule is Cc1cn2nc(N3CC(N4CCCC4)CC3C)sc2n1. The van der Waals surface area contributed by atoms with Crippen LogP contribution in [-0.2, 0) is 0 Å². The van der Waals surface area contributed by atoms with Gasteiger partial charge in [-0.15, -0.1) is 5.10 Å². The van der Waals surface area contributed by atoms with Crippen molar-refractivity contribution in [2.45, 2.75) is 45.2 Å². The summed E-state index contributed by atoms with van der Waals surface area (Å²) in [6, 6.07) is 1.29. The molecule has 2 saturated heterocycles. The number of hydrogen-bond acceptors (Lipinski definition) is 5.